The number of hydrogen-bond acceptors (Lipinski definition) is 3. The fraction of sp³-hybridized carbons (Fsp3) is 0.333. The zero-order valence-corrected chi connectivity index (χ0v) is 10.2. The van der Waals surface area contributed by atoms with Gasteiger partial charge in [-0.15, -0.1) is 0 Å². The first-order valence-corrected chi connectivity index (χ1v) is 5.79. The summed E-state index contributed by atoms with van der Waals surface area (Å²) in [7, 11) is 0. The molecule has 1 fully saturated rings. The van der Waals surface area contributed by atoms with Crippen molar-refractivity contribution in [2.24, 2.45) is 11.0 Å². The third kappa shape index (κ3) is 2.97. The highest BCUT2D eigenvalue weighted by molar-refractivity contribution is 6.31. The summed E-state index contributed by atoms with van der Waals surface area (Å²) >= 11 is 5.76. The Hall–Kier alpha value is -1.55. The lowest BCUT2D eigenvalue weighted by atomic mass is 10.2. The largest absolute Gasteiger partial charge is 0.507 e. The summed E-state index contributed by atoms with van der Waals surface area (Å²) in [5.41, 5.74) is 3.46. The van der Waals surface area contributed by atoms with Crippen LogP contribution < -0.4 is 5.43 Å². The van der Waals surface area contributed by atoms with E-state index < -0.39 is 5.91 Å². The van der Waals surface area contributed by atoms with Crippen LogP contribution in [-0.4, -0.2) is 16.7 Å². The van der Waals surface area contributed by atoms with Crippen LogP contribution in [0.3, 0.4) is 0 Å². The zero-order chi connectivity index (χ0) is 12.4. The Morgan fingerprint density at radius 3 is 2.88 bits per heavy atom. The van der Waals surface area contributed by atoms with Crippen molar-refractivity contribution < 1.29 is 9.90 Å². The summed E-state index contributed by atoms with van der Waals surface area (Å²) in [4.78, 5) is 11.7. The number of aromatic hydroxyl groups is 1. The Labute approximate surface area is 104 Å². The third-order valence-electron chi connectivity index (χ3n) is 2.71. The van der Waals surface area contributed by atoms with Crippen LogP contribution >= 0.6 is 11.6 Å². The number of rotatable bonds is 3. The second-order valence-electron chi connectivity index (χ2n) is 4.13. The van der Waals surface area contributed by atoms with Gasteiger partial charge >= 0.3 is 0 Å². The highest BCUT2D eigenvalue weighted by Gasteiger charge is 2.24. The van der Waals surface area contributed by atoms with Crippen LogP contribution in [0.25, 0.3) is 0 Å². The summed E-state index contributed by atoms with van der Waals surface area (Å²) in [6, 6.07) is 4.31. The Morgan fingerprint density at radius 1 is 1.53 bits per heavy atom. The van der Waals surface area contributed by atoms with E-state index in [-0.39, 0.29) is 11.3 Å². The van der Waals surface area contributed by atoms with E-state index in [1.807, 2.05) is 6.92 Å². The molecular weight excluding hydrogens is 240 g/mol. The molecule has 4 nitrogen and oxygen atoms in total. The van der Waals surface area contributed by atoms with E-state index in [9.17, 15) is 9.90 Å². The van der Waals surface area contributed by atoms with Gasteiger partial charge in [-0.05, 0) is 43.9 Å². The molecule has 0 spiro atoms. The van der Waals surface area contributed by atoms with Crippen molar-refractivity contribution in [3.63, 3.8) is 0 Å². The van der Waals surface area contributed by atoms with Gasteiger partial charge in [0.1, 0.15) is 5.75 Å². The van der Waals surface area contributed by atoms with Gasteiger partial charge in [0.05, 0.1) is 5.56 Å². The fourth-order valence-electron chi connectivity index (χ4n) is 1.48. The van der Waals surface area contributed by atoms with Gasteiger partial charge in [-0.3, -0.25) is 4.79 Å². The lowest BCUT2D eigenvalue weighted by Gasteiger charge is -2.04. The monoisotopic (exact) mass is 252 g/mol. The standard InChI is InChI=1S/C12H13ClN2O2/c1-7(8-2-3-8)14-15-12(17)10-6-9(13)4-5-11(10)16/h4-6,8,16H,2-3H2,1H3,(H,15,17)/b14-7+. The number of hydrogen-bond donors (Lipinski definition) is 2. The second kappa shape index (κ2) is 4.75. The number of benzene rings is 1. The summed E-state index contributed by atoms with van der Waals surface area (Å²) in [5.74, 6) is -0.0561. The number of amides is 1. The lowest BCUT2D eigenvalue weighted by molar-refractivity contribution is 0.0952. The molecule has 0 aliphatic heterocycles. The minimum atomic E-state index is -0.454. The second-order valence-corrected chi connectivity index (χ2v) is 4.57. The number of phenolic OH excluding ortho intramolecular Hbond substituents is 1. The molecule has 2 rings (SSSR count). The molecule has 1 aliphatic carbocycles. The van der Waals surface area contributed by atoms with Crippen molar-refractivity contribution in [3.8, 4) is 5.75 Å². The summed E-state index contributed by atoms with van der Waals surface area (Å²) in [6.07, 6.45) is 2.27. The van der Waals surface area contributed by atoms with Crippen molar-refractivity contribution in [3.05, 3.63) is 28.8 Å². The van der Waals surface area contributed by atoms with Gasteiger partial charge in [-0.1, -0.05) is 11.6 Å². The first kappa shape index (κ1) is 11.9. The van der Waals surface area contributed by atoms with Crippen molar-refractivity contribution in [2.75, 3.05) is 0 Å². The zero-order valence-electron chi connectivity index (χ0n) is 9.40. The Kier molecular flexibility index (Phi) is 3.33. The number of halogens is 1. The van der Waals surface area contributed by atoms with E-state index in [1.165, 1.54) is 18.2 Å². The predicted molar refractivity (Wildman–Crippen MR) is 66.4 cm³/mol. The van der Waals surface area contributed by atoms with Crippen LogP contribution in [0.1, 0.15) is 30.1 Å². The number of nitrogens with one attached hydrogen (secondary N) is 1. The van der Waals surface area contributed by atoms with E-state index in [4.69, 9.17) is 11.6 Å². The molecule has 1 aromatic carbocycles. The summed E-state index contributed by atoms with van der Waals surface area (Å²) in [6.45, 7) is 1.88. The molecule has 1 saturated carbocycles. The van der Waals surface area contributed by atoms with Crippen molar-refractivity contribution in [1.29, 1.82) is 0 Å². The lowest BCUT2D eigenvalue weighted by Crippen LogP contribution is -2.19. The van der Waals surface area contributed by atoms with Crippen molar-refractivity contribution in [2.45, 2.75) is 19.8 Å². The van der Waals surface area contributed by atoms with E-state index in [1.54, 1.807) is 0 Å². The van der Waals surface area contributed by atoms with Crippen LogP contribution in [0.2, 0.25) is 5.02 Å². The Balaban J connectivity index is 2.08. The molecule has 5 heteroatoms. The molecule has 0 aromatic heterocycles. The molecule has 0 radical (unpaired) electrons. The summed E-state index contributed by atoms with van der Waals surface area (Å²) in [5, 5.41) is 13.9. The van der Waals surface area contributed by atoms with Crippen molar-refractivity contribution in [1.82, 2.24) is 5.43 Å². The normalized spacial score (nSPS) is 15.8. The van der Waals surface area contributed by atoms with Gasteiger partial charge in [-0.25, -0.2) is 5.43 Å². The highest BCUT2D eigenvalue weighted by Crippen LogP contribution is 2.30. The maximum atomic E-state index is 11.7. The summed E-state index contributed by atoms with van der Waals surface area (Å²) < 4.78 is 0. The molecule has 1 aliphatic rings. The first-order chi connectivity index (χ1) is 8.08. The van der Waals surface area contributed by atoms with Crippen LogP contribution in [0, 0.1) is 5.92 Å². The van der Waals surface area contributed by atoms with E-state index in [0.29, 0.717) is 10.9 Å². The Bertz CT molecular complexity index is 481. The number of carbonyl (C=O) groups excluding carboxylic acids is 1. The maximum Gasteiger partial charge on any atom is 0.275 e. The molecule has 0 heterocycles. The molecule has 90 valence electrons. The third-order valence-corrected chi connectivity index (χ3v) is 2.94. The molecule has 1 amide bonds. The number of carbonyl (C=O) groups is 1. The molecule has 0 atom stereocenters. The van der Waals surface area contributed by atoms with Crippen LogP contribution in [0.5, 0.6) is 5.75 Å². The molecule has 0 unspecified atom stereocenters. The maximum absolute atomic E-state index is 11.7. The van der Waals surface area contributed by atoms with Gasteiger partial charge in [0.15, 0.2) is 0 Å². The molecule has 2 N–H and O–H groups in total. The van der Waals surface area contributed by atoms with Gasteiger partial charge in [0.25, 0.3) is 5.91 Å². The first-order valence-electron chi connectivity index (χ1n) is 5.41. The molecule has 0 bridgehead atoms. The topological polar surface area (TPSA) is 61.7 Å². The van der Waals surface area contributed by atoms with E-state index in [2.05, 4.69) is 10.5 Å². The number of phenols is 1. The van der Waals surface area contributed by atoms with Gasteiger partial charge in [0.2, 0.25) is 0 Å². The predicted octanol–water partition coefficient (Wildman–Crippen LogP) is 2.56. The molecule has 1 aromatic rings. The SMILES string of the molecule is C/C(=N\NC(=O)c1cc(Cl)ccc1O)C1CC1. The Morgan fingerprint density at radius 2 is 2.24 bits per heavy atom. The van der Waals surface area contributed by atoms with Gasteiger partial charge in [0, 0.05) is 10.7 Å². The fourth-order valence-corrected chi connectivity index (χ4v) is 1.65. The average Bonchev–Trinajstić information content (AvgIpc) is 3.12. The van der Waals surface area contributed by atoms with Crippen LogP contribution in [0.15, 0.2) is 23.3 Å². The van der Waals surface area contributed by atoms with Crippen LogP contribution in [0.4, 0.5) is 0 Å². The smallest absolute Gasteiger partial charge is 0.275 e. The minimum absolute atomic E-state index is 0.105. The van der Waals surface area contributed by atoms with E-state index >= 15 is 0 Å². The average molecular weight is 253 g/mol. The van der Waals surface area contributed by atoms with Gasteiger partial charge < -0.3 is 5.11 Å². The quantitative estimate of drug-likeness (QED) is 0.642. The van der Waals surface area contributed by atoms with Crippen LogP contribution in [-0.2, 0) is 0 Å². The molecule has 0 saturated heterocycles. The number of hydrazone groups is 1. The number of nitrogens with zero attached hydrogens (tertiary/aromatic N) is 1. The molecular formula is C12H13ClN2O2. The minimum Gasteiger partial charge on any atom is -0.507 e. The van der Waals surface area contributed by atoms with E-state index in [0.717, 1.165) is 18.6 Å². The highest BCUT2D eigenvalue weighted by atomic mass is 35.5. The van der Waals surface area contributed by atoms with Gasteiger partial charge in [-0.2, -0.15) is 5.10 Å². The van der Waals surface area contributed by atoms with Crippen molar-refractivity contribution >= 4 is 23.2 Å². The molecule has 17 heavy (non-hydrogen) atoms.